The lowest BCUT2D eigenvalue weighted by Crippen LogP contribution is -2.30. The fourth-order valence-electron chi connectivity index (χ4n) is 2.78. The number of nitrogens with zero attached hydrogens (tertiary/aromatic N) is 4. The van der Waals surface area contributed by atoms with E-state index in [2.05, 4.69) is 20.8 Å². The van der Waals surface area contributed by atoms with Gasteiger partial charge < -0.3 is 10.6 Å². The first kappa shape index (κ1) is 17.7. The number of urea groups is 1. The van der Waals surface area contributed by atoms with Gasteiger partial charge in [0.15, 0.2) is 0 Å². The molecule has 0 radical (unpaired) electrons. The molecule has 2 amide bonds. The van der Waals surface area contributed by atoms with Gasteiger partial charge in [0.1, 0.15) is 0 Å². The molecular weight excluding hydrogens is 328 g/mol. The largest absolute Gasteiger partial charge is 0.338 e. The van der Waals surface area contributed by atoms with Crippen LogP contribution in [-0.4, -0.2) is 32.1 Å². The van der Waals surface area contributed by atoms with Crippen LogP contribution in [0.4, 0.5) is 10.5 Å². The van der Waals surface area contributed by atoms with Crippen molar-refractivity contribution in [3.63, 3.8) is 0 Å². The van der Waals surface area contributed by atoms with Crippen molar-refractivity contribution in [3.8, 4) is 5.69 Å². The van der Waals surface area contributed by atoms with Crippen molar-refractivity contribution in [2.24, 2.45) is 0 Å². The summed E-state index contributed by atoms with van der Waals surface area (Å²) in [7, 11) is 0. The zero-order valence-electron chi connectivity index (χ0n) is 15.4. The summed E-state index contributed by atoms with van der Waals surface area (Å²) in [6, 6.07) is 9.45. The molecule has 2 N–H and O–H groups in total. The molecule has 0 unspecified atom stereocenters. The number of hydrogen-bond donors (Lipinski definition) is 2. The van der Waals surface area contributed by atoms with E-state index in [0.29, 0.717) is 6.54 Å². The van der Waals surface area contributed by atoms with Crippen LogP contribution in [0.1, 0.15) is 23.4 Å². The maximum Gasteiger partial charge on any atom is 0.319 e. The fraction of sp³-hybridized carbons (Fsp3) is 0.316. The van der Waals surface area contributed by atoms with Gasteiger partial charge in [0, 0.05) is 30.7 Å². The summed E-state index contributed by atoms with van der Waals surface area (Å²) in [5.74, 6) is 0. The van der Waals surface area contributed by atoms with Gasteiger partial charge in [-0.3, -0.25) is 4.68 Å². The third-order valence-electron chi connectivity index (χ3n) is 3.99. The second kappa shape index (κ2) is 7.86. The van der Waals surface area contributed by atoms with E-state index in [1.807, 2.05) is 72.9 Å². The van der Waals surface area contributed by atoms with Crippen LogP contribution >= 0.6 is 0 Å². The molecule has 3 aromatic rings. The number of rotatable bonds is 6. The lowest BCUT2D eigenvalue weighted by molar-refractivity contribution is 0.251. The van der Waals surface area contributed by atoms with Gasteiger partial charge in [-0.25, -0.2) is 9.48 Å². The lowest BCUT2D eigenvalue weighted by Gasteiger charge is -2.09. The smallest absolute Gasteiger partial charge is 0.319 e. The van der Waals surface area contributed by atoms with Crippen LogP contribution in [0.25, 0.3) is 5.69 Å². The normalized spacial score (nSPS) is 10.7. The van der Waals surface area contributed by atoms with Crippen molar-refractivity contribution in [2.75, 3.05) is 11.9 Å². The standard InChI is InChI=1S/C19H24N6O/c1-14-12-21-24(13-14)10-4-9-20-19(26)22-17-5-7-18(8-6-17)25-16(3)11-15(2)23-25/h5-8,11-13H,4,9-10H2,1-3H3,(H2,20,22,26). The van der Waals surface area contributed by atoms with Crippen LogP contribution in [0.2, 0.25) is 0 Å². The van der Waals surface area contributed by atoms with E-state index in [1.165, 1.54) is 0 Å². The van der Waals surface area contributed by atoms with Crippen LogP contribution in [-0.2, 0) is 6.54 Å². The van der Waals surface area contributed by atoms with Crippen molar-refractivity contribution < 1.29 is 4.79 Å². The average molecular weight is 352 g/mol. The number of carbonyl (C=O) groups excluding carboxylic acids is 1. The van der Waals surface area contributed by atoms with Gasteiger partial charge in [0.2, 0.25) is 0 Å². The molecule has 7 nitrogen and oxygen atoms in total. The molecule has 2 heterocycles. The number of carbonyl (C=O) groups is 1. The van der Waals surface area contributed by atoms with Crippen molar-refractivity contribution in [1.82, 2.24) is 24.9 Å². The summed E-state index contributed by atoms with van der Waals surface area (Å²) >= 11 is 0. The van der Waals surface area contributed by atoms with Gasteiger partial charge >= 0.3 is 6.03 Å². The van der Waals surface area contributed by atoms with Crippen molar-refractivity contribution in [1.29, 1.82) is 0 Å². The first-order chi connectivity index (χ1) is 12.5. The van der Waals surface area contributed by atoms with Gasteiger partial charge in [0.05, 0.1) is 17.6 Å². The topological polar surface area (TPSA) is 76.8 Å². The van der Waals surface area contributed by atoms with E-state index in [1.54, 1.807) is 0 Å². The quantitative estimate of drug-likeness (QED) is 0.669. The van der Waals surface area contributed by atoms with Gasteiger partial charge in [0.25, 0.3) is 0 Å². The molecule has 0 aliphatic heterocycles. The molecule has 136 valence electrons. The Morgan fingerprint density at radius 3 is 2.54 bits per heavy atom. The SMILES string of the molecule is Cc1cnn(CCCNC(=O)Nc2ccc(-n3nc(C)cc3C)cc2)c1. The Hall–Kier alpha value is -3.09. The minimum atomic E-state index is -0.208. The zero-order chi connectivity index (χ0) is 18.5. The Morgan fingerprint density at radius 2 is 1.92 bits per heavy atom. The molecule has 0 aliphatic carbocycles. The monoisotopic (exact) mass is 352 g/mol. The van der Waals surface area contributed by atoms with E-state index >= 15 is 0 Å². The molecule has 0 atom stereocenters. The number of aryl methyl sites for hydroxylation is 4. The van der Waals surface area contributed by atoms with Crippen LogP contribution in [0.5, 0.6) is 0 Å². The third kappa shape index (κ3) is 4.50. The first-order valence-corrected chi connectivity index (χ1v) is 8.69. The highest BCUT2D eigenvalue weighted by molar-refractivity contribution is 5.89. The maximum atomic E-state index is 12.0. The second-order valence-corrected chi connectivity index (χ2v) is 6.40. The summed E-state index contributed by atoms with van der Waals surface area (Å²) in [5.41, 5.74) is 4.91. The Balaban J connectivity index is 1.46. The molecule has 0 saturated heterocycles. The summed E-state index contributed by atoms with van der Waals surface area (Å²) in [5, 5.41) is 14.4. The summed E-state index contributed by atoms with van der Waals surface area (Å²) in [6.07, 6.45) is 4.64. The Bertz CT molecular complexity index is 878. The van der Waals surface area contributed by atoms with Gasteiger partial charge in [-0.05, 0) is 63.1 Å². The average Bonchev–Trinajstić information content (AvgIpc) is 3.17. The van der Waals surface area contributed by atoms with E-state index in [9.17, 15) is 4.79 Å². The summed E-state index contributed by atoms with van der Waals surface area (Å²) in [6.45, 7) is 7.37. The highest BCUT2D eigenvalue weighted by atomic mass is 16.2. The molecule has 1 aromatic carbocycles. The van der Waals surface area contributed by atoms with Crippen molar-refractivity contribution >= 4 is 11.7 Å². The number of amides is 2. The minimum Gasteiger partial charge on any atom is -0.338 e. The Kier molecular flexibility index (Phi) is 5.36. The molecule has 7 heteroatoms. The number of nitrogens with one attached hydrogen (secondary N) is 2. The van der Waals surface area contributed by atoms with Crippen LogP contribution in [0.15, 0.2) is 42.7 Å². The van der Waals surface area contributed by atoms with Crippen LogP contribution in [0, 0.1) is 20.8 Å². The molecule has 0 fully saturated rings. The van der Waals surface area contributed by atoms with Crippen molar-refractivity contribution in [3.05, 3.63) is 59.7 Å². The second-order valence-electron chi connectivity index (χ2n) is 6.40. The number of aromatic nitrogens is 4. The Morgan fingerprint density at radius 1 is 1.15 bits per heavy atom. The predicted molar refractivity (Wildman–Crippen MR) is 102 cm³/mol. The van der Waals surface area contributed by atoms with Gasteiger partial charge in [-0.15, -0.1) is 0 Å². The van der Waals surface area contributed by atoms with Gasteiger partial charge in [-0.1, -0.05) is 0 Å². The Labute approximate surface area is 153 Å². The molecule has 0 spiro atoms. The zero-order valence-corrected chi connectivity index (χ0v) is 15.4. The third-order valence-corrected chi connectivity index (χ3v) is 3.99. The summed E-state index contributed by atoms with van der Waals surface area (Å²) in [4.78, 5) is 12.0. The molecule has 26 heavy (non-hydrogen) atoms. The maximum absolute atomic E-state index is 12.0. The van der Waals surface area contributed by atoms with Gasteiger partial charge in [-0.2, -0.15) is 10.2 Å². The van der Waals surface area contributed by atoms with E-state index in [4.69, 9.17) is 0 Å². The highest BCUT2D eigenvalue weighted by Crippen LogP contribution is 2.15. The van der Waals surface area contributed by atoms with Crippen LogP contribution < -0.4 is 10.6 Å². The van der Waals surface area contributed by atoms with E-state index in [-0.39, 0.29) is 6.03 Å². The summed E-state index contributed by atoms with van der Waals surface area (Å²) < 4.78 is 3.77. The molecular formula is C19H24N6O. The molecule has 0 bridgehead atoms. The lowest BCUT2D eigenvalue weighted by atomic mass is 10.2. The number of hydrogen-bond acceptors (Lipinski definition) is 3. The first-order valence-electron chi connectivity index (χ1n) is 8.69. The fourth-order valence-corrected chi connectivity index (χ4v) is 2.78. The highest BCUT2D eigenvalue weighted by Gasteiger charge is 2.05. The van der Waals surface area contributed by atoms with Crippen LogP contribution in [0.3, 0.4) is 0 Å². The minimum absolute atomic E-state index is 0.208. The molecule has 0 saturated carbocycles. The molecule has 3 rings (SSSR count). The van der Waals surface area contributed by atoms with E-state index < -0.39 is 0 Å². The molecule has 2 aromatic heterocycles. The number of benzene rings is 1. The number of anilines is 1. The molecule has 0 aliphatic rings. The predicted octanol–water partition coefficient (Wildman–Crippen LogP) is 3.21. The van der Waals surface area contributed by atoms with Crippen molar-refractivity contribution in [2.45, 2.75) is 33.7 Å². The van der Waals surface area contributed by atoms with E-state index in [0.717, 1.165) is 41.3 Å².